The molecule has 0 heterocycles. The number of rotatable bonds is 4. The van der Waals surface area contributed by atoms with Gasteiger partial charge in [0.2, 0.25) is 0 Å². The summed E-state index contributed by atoms with van der Waals surface area (Å²) >= 11 is 0. The van der Waals surface area contributed by atoms with Gasteiger partial charge in [0.15, 0.2) is 0 Å². The Kier molecular flexibility index (Phi) is 3.73. The van der Waals surface area contributed by atoms with Crippen LogP contribution >= 0.6 is 0 Å². The van der Waals surface area contributed by atoms with Crippen LogP contribution in [0.3, 0.4) is 0 Å². The molecule has 0 spiro atoms. The quantitative estimate of drug-likeness (QED) is 0.698. The van der Waals surface area contributed by atoms with Crippen molar-refractivity contribution in [3.05, 3.63) is 78.8 Å². The zero-order valence-corrected chi connectivity index (χ0v) is 9.34. The molecule has 0 aromatic heterocycles. The van der Waals surface area contributed by atoms with Gasteiger partial charge in [-0.3, -0.25) is 7.05 Å². The van der Waals surface area contributed by atoms with Crippen molar-refractivity contribution in [1.29, 1.82) is 0 Å². The molecule has 0 N–H and O–H groups in total. The maximum absolute atomic E-state index is 4.06. The molecule has 0 aliphatic heterocycles. The van der Waals surface area contributed by atoms with Gasteiger partial charge in [0.1, 0.15) is 0 Å². The van der Waals surface area contributed by atoms with E-state index >= 15 is 0 Å². The highest BCUT2D eigenvalue weighted by atomic mass is 15.1. The van der Waals surface area contributed by atoms with E-state index in [2.05, 4.69) is 60.5 Å². The molecular weight excluding hydrogens is 194 g/mol. The molecule has 0 atom stereocenters. The Morgan fingerprint density at radius 2 is 1.06 bits per heavy atom. The Morgan fingerprint density at radius 3 is 1.44 bits per heavy atom. The first-order valence-corrected chi connectivity index (χ1v) is 5.48. The van der Waals surface area contributed by atoms with E-state index < -0.39 is 0 Å². The van der Waals surface area contributed by atoms with E-state index in [1.165, 1.54) is 11.1 Å². The molecule has 2 aromatic carbocycles. The SMILES string of the molecule is [CH2-]N(Cc1ccccc1)Cc1ccccc1. The van der Waals surface area contributed by atoms with Crippen LogP contribution in [0.5, 0.6) is 0 Å². The average molecular weight is 210 g/mol. The van der Waals surface area contributed by atoms with Crippen molar-refractivity contribution in [3.63, 3.8) is 0 Å². The first-order chi connectivity index (χ1) is 7.84. The highest BCUT2D eigenvalue weighted by Gasteiger charge is 1.95. The van der Waals surface area contributed by atoms with Crippen molar-refractivity contribution in [3.8, 4) is 0 Å². The van der Waals surface area contributed by atoms with Crippen LogP contribution < -0.4 is 0 Å². The van der Waals surface area contributed by atoms with Gasteiger partial charge in [-0.15, -0.1) is 0 Å². The smallest absolute Gasteiger partial charge is 0.00426 e. The van der Waals surface area contributed by atoms with Gasteiger partial charge in [0.05, 0.1) is 0 Å². The topological polar surface area (TPSA) is 3.24 Å². The van der Waals surface area contributed by atoms with E-state index in [0.717, 1.165) is 13.1 Å². The lowest BCUT2D eigenvalue weighted by Crippen LogP contribution is -2.14. The van der Waals surface area contributed by atoms with Crippen molar-refractivity contribution < 1.29 is 0 Å². The zero-order valence-electron chi connectivity index (χ0n) is 9.34. The normalized spacial score (nSPS) is 10.6. The van der Waals surface area contributed by atoms with Crippen molar-refractivity contribution >= 4 is 0 Å². The zero-order chi connectivity index (χ0) is 11.2. The summed E-state index contributed by atoms with van der Waals surface area (Å²) in [6, 6.07) is 20.8. The minimum absolute atomic E-state index is 0.885. The Labute approximate surface area is 97.3 Å². The van der Waals surface area contributed by atoms with Gasteiger partial charge in [-0.25, -0.2) is 0 Å². The third-order valence-electron chi connectivity index (χ3n) is 2.50. The van der Waals surface area contributed by atoms with Crippen LogP contribution in [-0.4, -0.2) is 4.90 Å². The van der Waals surface area contributed by atoms with Gasteiger partial charge in [0.25, 0.3) is 0 Å². The molecule has 0 amide bonds. The molecule has 0 aliphatic carbocycles. The predicted molar refractivity (Wildman–Crippen MR) is 67.5 cm³/mol. The Morgan fingerprint density at radius 1 is 0.688 bits per heavy atom. The van der Waals surface area contributed by atoms with Gasteiger partial charge in [0, 0.05) is 0 Å². The lowest BCUT2D eigenvalue weighted by Gasteiger charge is -2.25. The minimum atomic E-state index is 0.885. The Balaban J connectivity index is 1.92. The molecule has 2 aromatic rings. The maximum Gasteiger partial charge on any atom is -0.00426 e. The van der Waals surface area contributed by atoms with E-state index in [1.54, 1.807) is 0 Å². The molecule has 1 heteroatoms. The molecule has 0 saturated carbocycles. The second-order valence-electron chi connectivity index (χ2n) is 3.96. The van der Waals surface area contributed by atoms with E-state index in [1.807, 2.05) is 12.1 Å². The van der Waals surface area contributed by atoms with Crippen LogP contribution in [0.4, 0.5) is 0 Å². The summed E-state index contributed by atoms with van der Waals surface area (Å²) in [6.45, 7) is 1.77. The maximum atomic E-state index is 4.06. The van der Waals surface area contributed by atoms with Gasteiger partial charge in [-0.2, -0.15) is 0 Å². The molecule has 2 rings (SSSR count). The second-order valence-corrected chi connectivity index (χ2v) is 3.96. The fraction of sp³-hybridized carbons (Fsp3) is 0.133. The minimum Gasteiger partial charge on any atom is -0.452 e. The highest BCUT2D eigenvalue weighted by molar-refractivity contribution is 5.17. The summed E-state index contributed by atoms with van der Waals surface area (Å²) in [5, 5.41) is 0. The largest absolute Gasteiger partial charge is 0.452 e. The lowest BCUT2D eigenvalue weighted by atomic mass is 10.2. The van der Waals surface area contributed by atoms with Gasteiger partial charge in [-0.05, 0) is 24.2 Å². The van der Waals surface area contributed by atoms with Crippen molar-refractivity contribution in [2.45, 2.75) is 13.1 Å². The summed E-state index contributed by atoms with van der Waals surface area (Å²) in [6.07, 6.45) is 0. The van der Waals surface area contributed by atoms with Gasteiger partial charge < -0.3 is 4.90 Å². The monoisotopic (exact) mass is 210 g/mol. The Hall–Kier alpha value is -1.60. The van der Waals surface area contributed by atoms with Gasteiger partial charge in [-0.1, -0.05) is 60.7 Å². The first kappa shape index (κ1) is 10.9. The molecular formula is C15H16N-. The van der Waals surface area contributed by atoms with E-state index in [9.17, 15) is 0 Å². The molecule has 0 radical (unpaired) electrons. The fourth-order valence-electron chi connectivity index (χ4n) is 1.74. The Bertz CT molecular complexity index is 366. The van der Waals surface area contributed by atoms with Gasteiger partial charge >= 0.3 is 0 Å². The number of hydrogen-bond donors (Lipinski definition) is 0. The molecule has 1 nitrogen and oxygen atoms in total. The van der Waals surface area contributed by atoms with Crippen molar-refractivity contribution in [1.82, 2.24) is 4.90 Å². The van der Waals surface area contributed by atoms with E-state index in [4.69, 9.17) is 0 Å². The molecule has 0 saturated heterocycles. The molecule has 16 heavy (non-hydrogen) atoms. The third-order valence-corrected chi connectivity index (χ3v) is 2.50. The second kappa shape index (κ2) is 5.47. The lowest BCUT2D eigenvalue weighted by molar-refractivity contribution is 0.356. The summed E-state index contributed by atoms with van der Waals surface area (Å²) in [4.78, 5) is 2.07. The van der Waals surface area contributed by atoms with E-state index in [-0.39, 0.29) is 0 Å². The molecule has 0 fully saturated rings. The fourth-order valence-corrected chi connectivity index (χ4v) is 1.74. The van der Waals surface area contributed by atoms with Crippen LogP contribution in [0.25, 0.3) is 0 Å². The standard InChI is InChI=1S/C15H16N/c1-16(12-14-8-4-2-5-9-14)13-15-10-6-3-7-11-15/h2-11H,1,12-13H2/q-1. The molecule has 0 bridgehead atoms. The van der Waals surface area contributed by atoms with Crippen LogP contribution in [0.15, 0.2) is 60.7 Å². The first-order valence-electron chi connectivity index (χ1n) is 5.48. The van der Waals surface area contributed by atoms with Crippen LogP contribution in [0, 0.1) is 7.05 Å². The number of hydrogen-bond acceptors (Lipinski definition) is 1. The summed E-state index contributed by atoms with van der Waals surface area (Å²) in [5.74, 6) is 0. The summed E-state index contributed by atoms with van der Waals surface area (Å²) in [5.41, 5.74) is 2.60. The summed E-state index contributed by atoms with van der Waals surface area (Å²) < 4.78 is 0. The molecule has 0 aliphatic rings. The molecule has 0 unspecified atom stereocenters. The number of nitrogens with zero attached hydrogens (tertiary/aromatic N) is 1. The summed E-state index contributed by atoms with van der Waals surface area (Å²) in [7, 11) is 4.06. The van der Waals surface area contributed by atoms with E-state index in [0.29, 0.717) is 0 Å². The van der Waals surface area contributed by atoms with Crippen LogP contribution in [-0.2, 0) is 13.1 Å². The average Bonchev–Trinajstić information content (AvgIpc) is 2.31. The predicted octanol–water partition coefficient (Wildman–Crippen LogP) is 3.48. The number of benzene rings is 2. The van der Waals surface area contributed by atoms with Crippen molar-refractivity contribution in [2.24, 2.45) is 0 Å². The molecule has 82 valence electrons. The van der Waals surface area contributed by atoms with Crippen molar-refractivity contribution in [2.75, 3.05) is 0 Å². The highest BCUT2D eigenvalue weighted by Crippen LogP contribution is 2.08. The van der Waals surface area contributed by atoms with Crippen LogP contribution in [0.2, 0.25) is 0 Å². The third kappa shape index (κ3) is 3.21. The van der Waals surface area contributed by atoms with Crippen LogP contribution in [0.1, 0.15) is 11.1 Å².